The van der Waals surface area contributed by atoms with Crippen molar-refractivity contribution < 1.29 is 18.0 Å². The number of anilines is 1. The van der Waals surface area contributed by atoms with E-state index >= 15 is 0 Å². The molecule has 1 N–H and O–H groups in total. The summed E-state index contributed by atoms with van der Waals surface area (Å²) in [6.45, 7) is 5.63. The van der Waals surface area contributed by atoms with Crippen molar-refractivity contribution in [3.8, 4) is 0 Å². The molecule has 0 aliphatic carbocycles. The summed E-state index contributed by atoms with van der Waals surface area (Å²) < 4.78 is 28.5. The first-order chi connectivity index (χ1) is 17.3. The maximum atomic E-state index is 13.7. The van der Waals surface area contributed by atoms with Crippen LogP contribution in [0.3, 0.4) is 0 Å². The highest BCUT2D eigenvalue weighted by atomic mass is 32.2. The van der Waals surface area contributed by atoms with Gasteiger partial charge in [-0.2, -0.15) is 0 Å². The Bertz CT molecular complexity index is 1250. The van der Waals surface area contributed by atoms with E-state index in [9.17, 15) is 18.0 Å². The van der Waals surface area contributed by atoms with Gasteiger partial charge < -0.3 is 10.2 Å². The Morgan fingerprint density at radius 3 is 1.97 bits per heavy atom. The number of amides is 2. The summed E-state index contributed by atoms with van der Waals surface area (Å²) in [4.78, 5) is 27.9. The number of benzene rings is 3. The number of sulfonamides is 1. The second-order valence-corrected chi connectivity index (χ2v) is 10.3. The molecule has 190 valence electrons. The number of hydrogen-bond donors (Lipinski definition) is 1. The SMILES string of the molecule is CCNC(=O)[C@@H](C)N(Cc1ccccc1)C(=O)CN(c1ccc(CC)cc1)S(=O)(=O)c1ccccc1. The molecule has 0 spiro atoms. The van der Waals surface area contributed by atoms with Crippen molar-refractivity contribution in [2.45, 2.75) is 44.7 Å². The number of rotatable bonds is 11. The minimum absolute atomic E-state index is 0.0868. The van der Waals surface area contributed by atoms with Gasteiger partial charge in [-0.25, -0.2) is 8.42 Å². The Morgan fingerprint density at radius 2 is 1.42 bits per heavy atom. The van der Waals surface area contributed by atoms with Gasteiger partial charge in [0.05, 0.1) is 10.6 Å². The van der Waals surface area contributed by atoms with Gasteiger partial charge in [0, 0.05) is 13.1 Å². The molecule has 3 aromatic rings. The van der Waals surface area contributed by atoms with Gasteiger partial charge in [-0.3, -0.25) is 13.9 Å². The molecule has 3 aromatic carbocycles. The molecule has 0 aromatic heterocycles. The van der Waals surface area contributed by atoms with E-state index in [1.165, 1.54) is 17.0 Å². The number of hydrogen-bond acceptors (Lipinski definition) is 4. The number of nitrogens with one attached hydrogen (secondary N) is 1. The van der Waals surface area contributed by atoms with Crippen LogP contribution < -0.4 is 9.62 Å². The van der Waals surface area contributed by atoms with Crippen LogP contribution in [0.2, 0.25) is 0 Å². The van der Waals surface area contributed by atoms with Gasteiger partial charge in [-0.05, 0) is 55.7 Å². The maximum Gasteiger partial charge on any atom is 0.264 e. The second-order valence-electron chi connectivity index (χ2n) is 8.42. The van der Waals surface area contributed by atoms with Crippen LogP contribution in [-0.4, -0.2) is 44.3 Å². The van der Waals surface area contributed by atoms with Crippen molar-refractivity contribution in [3.05, 3.63) is 96.1 Å². The highest BCUT2D eigenvalue weighted by Crippen LogP contribution is 2.25. The van der Waals surface area contributed by atoms with Gasteiger partial charge in [0.1, 0.15) is 12.6 Å². The molecule has 0 aliphatic rings. The Hall–Kier alpha value is -3.65. The molecule has 3 rings (SSSR count). The van der Waals surface area contributed by atoms with Gasteiger partial charge in [0.25, 0.3) is 10.0 Å². The largest absolute Gasteiger partial charge is 0.355 e. The van der Waals surface area contributed by atoms with Gasteiger partial charge in [-0.15, -0.1) is 0 Å². The van der Waals surface area contributed by atoms with Crippen LogP contribution in [-0.2, 0) is 32.6 Å². The van der Waals surface area contributed by atoms with Crippen LogP contribution in [0.1, 0.15) is 31.9 Å². The van der Waals surface area contributed by atoms with Crippen LogP contribution in [0.15, 0.2) is 89.8 Å². The molecular weight excluding hydrogens is 474 g/mol. The summed E-state index contributed by atoms with van der Waals surface area (Å²) in [6.07, 6.45) is 0.805. The zero-order valence-corrected chi connectivity index (χ0v) is 21.7. The molecule has 0 aliphatic heterocycles. The number of carbonyl (C=O) groups is 2. The maximum absolute atomic E-state index is 13.7. The number of carbonyl (C=O) groups excluding carboxylic acids is 2. The smallest absolute Gasteiger partial charge is 0.264 e. The lowest BCUT2D eigenvalue weighted by Crippen LogP contribution is -2.51. The third-order valence-electron chi connectivity index (χ3n) is 5.96. The Balaban J connectivity index is 2.00. The average molecular weight is 508 g/mol. The quantitative estimate of drug-likeness (QED) is 0.425. The standard InChI is InChI=1S/C28H33N3O4S/c1-4-23-16-18-25(19-17-23)31(36(34,35)26-14-10-7-11-15-26)21-27(32)30(22(3)28(33)29-5-2)20-24-12-8-6-9-13-24/h6-19,22H,4-5,20-21H2,1-3H3,(H,29,33)/t22-/m1/s1. The van der Waals surface area contributed by atoms with Crippen molar-refractivity contribution in [2.75, 3.05) is 17.4 Å². The summed E-state index contributed by atoms with van der Waals surface area (Å²) in [5, 5.41) is 2.76. The molecule has 8 heteroatoms. The second kappa shape index (κ2) is 12.4. The average Bonchev–Trinajstić information content (AvgIpc) is 2.91. The lowest BCUT2D eigenvalue weighted by atomic mass is 10.1. The van der Waals surface area contributed by atoms with E-state index < -0.39 is 28.5 Å². The third-order valence-corrected chi connectivity index (χ3v) is 7.74. The van der Waals surface area contributed by atoms with Gasteiger partial charge in [-0.1, -0.05) is 67.6 Å². The summed E-state index contributed by atoms with van der Waals surface area (Å²) in [7, 11) is -4.05. The summed E-state index contributed by atoms with van der Waals surface area (Å²) in [5.74, 6) is -0.775. The van der Waals surface area contributed by atoms with Crippen molar-refractivity contribution in [1.82, 2.24) is 10.2 Å². The van der Waals surface area contributed by atoms with E-state index in [0.29, 0.717) is 12.2 Å². The van der Waals surface area contributed by atoms with Crippen LogP contribution in [0.5, 0.6) is 0 Å². The van der Waals surface area contributed by atoms with Gasteiger partial charge in [0.15, 0.2) is 0 Å². The van der Waals surface area contributed by atoms with E-state index in [1.54, 1.807) is 37.3 Å². The number of likely N-dealkylation sites (N-methyl/N-ethyl adjacent to an activating group) is 1. The van der Waals surface area contributed by atoms with Crippen LogP contribution in [0.4, 0.5) is 5.69 Å². The van der Waals surface area contributed by atoms with Crippen molar-refractivity contribution in [1.29, 1.82) is 0 Å². The summed E-state index contributed by atoms with van der Waals surface area (Å²) in [6, 6.07) is 23.7. The molecule has 1 atom stereocenters. The predicted octanol–water partition coefficient (Wildman–Crippen LogP) is 4.00. The number of nitrogens with zero attached hydrogens (tertiary/aromatic N) is 2. The van der Waals surface area contributed by atoms with Crippen LogP contribution >= 0.6 is 0 Å². The first kappa shape index (κ1) is 26.9. The Kier molecular flexibility index (Phi) is 9.25. The lowest BCUT2D eigenvalue weighted by Gasteiger charge is -2.32. The van der Waals surface area contributed by atoms with Gasteiger partial charge in [0.2, 0.25) is 11.8 Å². The normalized spacial score (nSPS) is 12.0. The van der Waals surface area contributed by atoms with Crippen LogP contribution in [0, 0.1) is 0 Å². The molecule has 36 heavy (non-hydrogen) atoms. The fourth-order valence-corrected chi connectivity index (χ4v) is 5.27. The van der Waals surface area contributed by atoms with Crippen LogP contribution in [0.25, 0.3) is 0 Å². The minimum atomic E-state index is -4.05. The van der Waals surface area contributed by atoms with Crippen molar-refractivity contribution >= 4 is 27.5 Å². The molecule has 0 bridgehead atoms. The molecule has 0 saturated heterocycles. The third kappa shape index (κ3) is 6.51. The van der Waals surface area contributed by atoms with E-state index in [0.717, 1.165) is 21.9 Å². The summed E-state index contributed by atoms with van der Waals surface area (Å²) >= 11 is 0. The molecule has 2 amide bonds. The fourth-order valence-electron chi connectivity index (χ4n) is 3.83. The van der Waals surface area contributed by atoms with E-state index in [-0.39, 0.29) is 17.3 Å². The zero-order valence-electron chi connectivity index (χ0n) is 20.9. The van der Waals surface area contributed by atoms with Crippen molar-refractivity contribution in [3.63, 3.8) is 0 Å². The lowest BCUT2D eigenvalue weighted by molar-refractivity contribution is -0.139. The van der Waals surface area contributed by atoms with Crippen molar-refractivity contribution in [2.24, 2.45) is 0 Å². The first-order valence-electron chi connectivity index (χ1n) is 12.1. The molecule has 0 fully saturated rings. The highest BCUT2D eigenvalue weighted by Gasteiger charge is 2.32. The Labute approximate surface area is 213 Å². The van der Waals surface area contributed by atoms with E-state index in [1.807, 2.05) is 56.3 Å². The minimum Gasteiger partial charge on any atom is -0.355 e. The summed E-state index contributed by atoms with van der Waals surface area (Å²) in [5.41, 5.74) is 2.28. The molecular formula is C28H33N3O4S. The van der Waals surface area contributed by atoms with E-state index in [4.69, 9.17) is 0 Å². The van der Waals surface area contributed by atoms with E-state index in [2.05, 4.69) is 5.32 Å². The molecule has 7 nitrogen and oxygen atoms in total. The molecule has 0 unspecified atom stereocenters. The van der Waals surface area contributed by atoms with Gasteiger partial charge >= 0.3 is 0 Å². The topological polar surface area (TPSA) is 86.8 Å². The molecule has 0 radical (unpaired) electrons. The Morgan fingerprint density at radius 1 is 0.833 bits per heavy atom. The fraction of sp³-hybridized carbons (Fsp3) is 0.286. The molecule has 0 heterocycles. The number of aryl methyl sites for hydroxylation is 1. The predicted molar refractivity (Wildman–Crippen MR) is 142 cm³/mol. The first-order valence-corrected chi connectivity index (χ1v) is 13.5. The monoisotopic (exact) mass is 507 g/mol. The molecule has 0 saturated carbocycles. The highest BCUT2D eigenvalue weighted by molar-refractivity contribution is 7.92. The zero-order chi connectivity index (χ0) is 26.1.